The number of pyridine rings is 1. The second-order valence-electron chi connectivity index (χ2n) is 3.80. The standard InChI is InChI=1S/C13H13N3O2.2C2H6/c1-2-10-5-7-11(8-6-10)15-13-12(16(17)18)4-3-9-14-13;2*1-2/h3-9H,2H2,1H3,(H,14,15);2*1-2H3. The molecule has 22 heavy (non-hydrogen) atoms. The SMILES string of the molecule is CC.CC.CCc1ccc(Nc2ncccc2[N+](=O)[O-])cc1. The van der Waals surface area contributed by atoms with Crippen molar-refractivity contribution >= 4 is 17.2 Å². The van der Waals surface area contributed by atoms with Gasteiger partial charge < -0.3 is 5.32 Å². The molecular formula is C17H25N3O2. The normalized spacial score (nSPS) is 8.77. The molecule has 0 radical (unpaired) electrons. The first-order valence-corrected chi connectivity index (χ1v) is 7.66. The van der Waals surface area contributed by atoms with Gasteiger partial charge in [0.25, 0.3) is 0 Å². The molecule has 1 aromatic heterocycles. The van der Waals surface area contributed by atoms with Crippen LogP contribution in [0.4, 0.5) is 17.2 Å². The molecule has 0 amide bonds. The number of rotatable bonds is 4. The van der Waals surface area contributed by atoms with E-state index in [1.54, 1.807) is 6.07 Å². The Morgan fingerprint density at radius 3 is 2.18 bits per heavy atom. The Bertz CT molecular complexity index is 554. The highest BCUT2D eigenvalue weighted by atomic mass is 16.6. The second-order valence-corrected chi connectivity index (χ2v) is 3.80. The number of benzene rings is 1. The lowest BCUT2D eigenvalue weighted by atomic mass is 10.1. The van der Waals surface area contributed by atoms with Crippen LogP contribution in [-0.4, -0.2) is 9.91 Å². The van der Waals surface area contributed by atoms with Crippen LogP contribution < -0.4 is 5.32 Å². The Balaban J connectivity index is 0.00000102. The monoisotopic (exact) mass is 303 g/mol. The number of nitro groups is 1. The van der Waals surface area contributed by atoms with Crippen LogP contribution in [0.5, 0.6) is 0 Å². The van der Waals surface area contributed by atoms with Gasteiger partial charge in [-0.05, 0) is 30.2 Å². The fourth-order valence-electron chi connectivity index (χ4n) is 1.60. The van der Waals surface area contributed by atoms with Gasteiger partial charge in [-0.1, -0.05) is 46.8 Å². The average molecular weight is 303 g/mol. The molecule has 0 saturated heterocycles. The van der Waals surface area contributed by atoms with E-state index in [2.05, 4.69) is 17.2 Å². The Labute approximate surface area is 132 Å². The molecule has 5 heteroatoms. The summed E-state index contributed by atoms with van der Waals surface area (Å²) >= 11 is 0. The van der Waals surface area contributed by atoms with E-state index in [1.807, 2.05) is 52.0 Å². The maximum atomic E-state index is 10.8. The molecule has 0 unspecified atom stereocenters. The maximum absolute atomic E-state index is 10.8. The van der Waals surface area contributed by atoms with Gasteiger partial charge in [0.15, 0.2) is 0 Å². The number of aromatic nitrogens is 1. The average Bonchev–Trinajstić information content (AvgIpc) is 2.59. The van der Waals surface area contributed by atoms with Gasteiger partial charge in [-0.15, -0.1) is 0 Å². The number of aryl methyl sites for hydroxylation is 1. The Hall–Kier alpha value is -2.43. The molecule has 0 aliphatic rings. The zero-order valence-electron chi connectivity index (χ0n) is 14.0. The molecule has 0 bridgehead atoms. The molecule has 0 aliphatic heterocycles. The number of hydrogen-bond donors (Lipinski definition) is 1. The van der Waals surface area contributed by atoms with Crippen molar-refractivity contribution in [1.29, 1.82) is 0 Å². The maximum Gasteiger partial charge on any atom is 0.311 e. The Morgan fingerprint density at radius 1 is 1.09 bits per heavy atom. The van der Waals surface area contributed by atoms with Crippen molar-refractivity contribution in [3.8, 4) is 0 Å². The van der Waals surface area contributed by atoms with Gasteiger partial charge >= 0.3 is 5.69 Å². The summed E-state index contributed by atoms with van der Waals surface area (Å²) in [6.07, 6.45) is 2.49. The summed E-state index contributed by atoms with van der Waals surface area (Å²) < 4.78 is 0. The van der Waals surface area contributed by atoms with Crippen LogP contribution in [0.2, 0.25) is 0 Å². The van der Waals surface area contributed by atoms with Crippen LogP contribution in [0.25, 0.3) is 0 Å². The third-order valence-corrected chi connectivity index (χ3v) is 2.61. The molecule has 0 saturated carbocycles. The van der Waals surface area contributed by atoms with Crippen molar-refractivity contribution in [2.75, 3.05) is 5.32 Å². The van der Waals surface area contributed by atoms with E-state index in [1.165, 1.54) is 17.8 Å². The zero-order valence-corrected chi connectivity index (χ0v) is 14.0. The van der Waals surface area contributed by atoms with Crippen molar-refractivity contribution in [1.82, 2.24) is 4.98 Å². The molecule has 1 aromatic carbocycles. The summed E-state index contributed by atoms with van der Waals surface area (Å²) in [6.45, 7) is 10.1. The van der Waals surface area contributed by atoms with E-state index >= 15 is 0 Å². The molecule has 0 aliphatic carbocycles. The Morgan fingerprint density at radius 2 is 1.68 bits per heavy atom. The van der Waals surface area contributed by atoms with Crippen molar-refractivity contribution in [2.45, 2.75) is 41.0 Å². The van der Waals surface area contributed by atoms with Crippen LogP contribution in [0.3, 0.4) is 0 Å². The van der Waals surface area contributed by atoms with Crippen LogP contribution in [0.1, 0.15) is 40.2 Å². The molecule has 0 fully saturated rings. The number of hydrogen-bond acceptors (Lipinski definition) is 4. The van der Waals surface area contributed by atoms with E-state index in [-0.39, 0.29) is 11.5 Å². The first-order valence-electron chi connectivity index (χ1n) is 7.66. The predicted molar refractivity (Wildman–Crippen MR) is 92.7 cm³/mol. The summed E-state index contributed by atoms with van der Waals surface area (Å²) in [4.78, 5) is 14.4. The van der Waals surface area contributed by atoms with E-state index < -0.39 is 4.92 Å². The van der Waals surface area contributed by atoms with E-state index in [4.69, 9.17) is 0 Å². The van der Waals surface area contributed by atoms with Crippen molar-refractivity contribution in [2.24, 2.45) is 0 Å². The topological polar surface area (TPSA) is 68.1 Å². The van der Waals surface area contributed by atoms with Crippen LogP contribution >= 0.6 is 0 Å². The number of anilines is 2. The van der Waals surface area contributed by atoms with E-state index in [0.29, 0.717) is 0 Å². The molecule has 5 nitrogen and oxygen atoms in total. The summed E-state index contributed by atoms with van der Waals surface area (Å²) in [5.41, 5.74) is 1.97. The van der Waals surface area contributed by atoms with Crippen LogP contribution in [-0.2, 0) is 6.42 Å². The second kappa shape index (κ2) is 11.3. The minimum Gasteiger partial charge on any atom is -0.334 e. The fourth-order valence-corrected chi connectivity index (χ4v) is 1.60. The number of nitrogens with one attached hydrogen (secondary N) is 1. The largest absolute Gasteiger partial charge is 0.334 e. The van der Waals surface area contributed by atoms with Crippen LogP contribution in [0, 0.1) is 10.1 Å². The van der Waals surface area contributed by atoms with Gasteiger partial charge in [-0.3, -0.25) is 10.1 Å². The number of nitrogens with zero attached hydrogens (tertiary/aromatic N) is 2. The summed E-state index contributed by atoms with van der Waals surface area (Å²) in [5, 5.41) is 13.8. The van der Waals surface area contributed by atoms with Crippen molar-refractivity contribution in [3.05, 3.63) is 58.3 Å². The van der Waals surface area contributed by atoms with Gasteiger partial charge in [0.1, 0.15) is 0 Å². The zero-order chi connectivity index (χ0) is 17.0. The third kappa shape index (κ3) is 5.91. The van der Waals surface area contributed by atoms with Gasteiger partial charge in [0.05, 0.1) is 4.92 Å². The quantitative estimate of drug-likeness (QED) is 0.610. The lowest BCUT2D eigenvalue weighted by Crippen LogP contribution is -1.99. The first kappa shape index (κ1) is 19.6. The first-order chi connectivity index (χ1) is 10.7. The molecule has 1 N–H and O–H groups in total. The molecule has 2 aromatic rings. The van der Waals surface area contributed by atoms with Crippen molar-refractivity contribution < 1.29 is 4.92 Å². The fraction of sp³-hybridized carbons (Fsp3) is 0.353. The summed E-state index contributed by atoms with van der Waals surface area (Å²) in [7, 11) is 0. The molecule has 0 atom stereocenters. The van der Waals surface area contributed by atoms with Crippen LogP contribution in [0.15, 0.2) is 42.6 Å². The Kier molecular flexibility index (Phi) is 10.0. The van der Waals surface area contributed by atoms with Gasteiger partial charge in [-0.25, -0.2) is 4.98 Å². The molecular weight excluding hydrogens is 278 g/mol. The van der Waals surface area contributed by atoms with Crippen molar-refractivity contribution in [3.63, 3.8) is 0 Å². The molecule has 2 rings (SSSR count). The molecule has 120 valence electrons. The van der Waals surface area contributed by atoms with E-state index in [0.717, 1.165) is 12.1 Å². The summed E-state index contributed by atoms with van der Waals surface area (Å²) in [6, 6.07) is 10.7. The molecule has 0 spiro atoms. The predicted octanol–water partition coefficient (Wildman–Crippen LogP) is 5.35. The lowest BCUT2D eigenvalue weighted by molar-refractivity contribution is -0.384. The molecule has 1 heterocycles. The minimum atomic E-state index is -0.449. The van der Waals surface area contributed by atoms with Gasteiger partial charge in [0, 0.05) is 18.0 Å². The lowest BCUT2D eigenvalue weighted by Gasteiger charge is -2.06. The minimum absolute atomic E-state index is 0.0305. The van der Waals surface area contributed by atoms with E-state index in [9.17, 15) is 10.1 Å². The summed E-state index contributed by atoms with van der Waals surface area (Å²) in [5.74, 6) is 0.256. The van der Waals surface area contributed by atoms with Gasteiger partial charge in [-0.2, -0.15) is 0 Å². The highest BCUT2D eigenvalue weighted by molar-refractivity contribution is 5.65. The highest BCUT2D eigenvalue weighted by Crippen LogP contribution is 2.24. The van der Waals surface area contributed by atoms with Gasteiger partial charge in [0.2, 0.25) is 5.82 Å². The smallest absolute Gasteiger partial charge is 0.311 e. The highest BCUT2D eigenvalue weighted by Gasteiger charge is 2.13. The third-order valence-electron chi connectivity index (χ3n) is 2.61.